The average Bonchev–Trinajstić information content (AvgIpc) is 3.16. The maximum atomic E-state index is 12.2. The Morgan fingerprint density at radius 3 is 3.00 bits per heavy atom. The summed E-state index contributed by atoms with van der Waals surface area (Å²) in [5, 5.41) is 4.89. The van der Waals surface area contributed by atoms with E-state index in [1.807, 2.05) is 35.7 Å². The van der Waals surface area contributed by atoms with Crippen molar-refractivity contribution in [1.29, 1.82) is 0 Å². The van der Waals surface area contributed by atoms with E-state index in [1.54, 1.807) is 22.4 Å². The normalized spacial score (nSPS) is 17.7. The van der Waals surface area contributed by atoms with Gasteiger partial charge in [-0.25, -0.2) is 0 Å². The summed E-state index contributed by atoms with van der Waals surface area (Å²) >= 11 is 1.61. The van der Waals surface area contributed by atoms with Crippen LogP contribution in [0.1, 0.15) is 17.0 Å². The lowest BCUT2D eigenvalue weighted by Crippen LogP contribution is -2.32. The van der Waals surface area contributed by atoms with Crippen LogP contribution in [-0.4, -0.2) is 28.2 Å². The van der Waals surface area contributed by atoms with Crippen LogP contribution in [0.2, 0.25) is 0 Å². The van der Waals surface area contributed by atoms with E-state index in [1.165, 1.54) is 0 Å². The SMILES string of the molecule is O=C(NCc1cccs1)[C@H]1CC(=O)N(Cc2ccccn2)C1. The maximum Gasteiger partial charge on any atom is 0.225 e. The summed E-state index contributed by atoms with van der Waals surface area (Å²) in [4.78, 5) is 31.3. The number of rotatable bonds is 5. The molecule has 0 unspecified atom stereocenters. The molecule has 114 valence electrons. The van der Waals surface area contributed by atoms with E-state index < -0.39 is 0 Å². The van der Waals surface area contributed by atoms with Crippen LogP contribution >= 0.6 is 11.3 Å². The molecule has 1 aliphatic rings. The number of amides is 2. The first-order valence-corrected chi connectivity index (χ1v) is 8.08. The van der Waals surface area contributed by atoms with Gasteiger partial charge in [0.25, 0.3) is 0 Å². The summed E-state index contributed by atoms with van der Waals surface area (Å²) in [6.07, 6.45) is 1.99. The lowest BCUT2D eigenvalue weighted by molar-refractivity contribution is -0.129. The van der Waals surface area contributed by atoms with Gasteiger partial charge in [0.1, 0.15) is 0 Å². The first-order valence-electron chi connectivity index (χ1n) is 7.20. The van der Waals surface area contributed by atoms with Crippen molar-refractivity contribution in [3.8, 4) is 0 Å². The van der Waals surface area contributed by atoms with Gasteiger partial charge in [0, 0.05) is 24.0 Å². The van der Waals surface area contributed by atoms with E-state index in [0.29, 0.717) is 19.6 Å². The van der Waals surface area contributed by atoms with Crippen molar-refractivity contribution in [2.45, 2.75) is 19.5 Å². The van der Waals surface area contributed by atoms with Crippen LogP contribution in [0.3, 0.4) is 0 Å². The topological polar surface area (TPSA) is 62.3 Å². The molecule has 22 heavy (non-hydrogen) atoms. The molecule has 0 aliphatic carbocycles. The lowest BCUT2D eigenvalue weighted by Gasteiger charge is -2.16. The fourth-order valence-electron chi connectivity index (χ4n) is 2.52. The summed E-state index contributed by atoms with van der Waals surface area (Å²) < 4.78 is 0. The Labute approximate surface area is 133 Å². The summed E-state index contributed by atoms with van der Waals surface area (Å²) in [6, 6.07) is 9.57. The minimum Gasteiger partial charge on any atom is -0.351 e. The second kappa shape index (κ2) is 6.70. The second-order valence-electron chi connectivity index (χ2n) is 5.29. The fraction of sp³-hybridized carbons (Fsp3) is 0.312. The smallest absolute Gasteiger partial charge is 0.225 e. The first kappa shape index (κ1) is 14.7. The Morgan fingerprint density at radius 1 is 1.36 bits per heavy atom. The van der Waals surface area contributed by atoms with Crippen molar-refractivity contribution in [1.82, 2.24) is 15.2 Å². The minimum absolute atomic E-state index is 0.0157. The number of thiophene rings is 1. The Morgan fingerprint density at radius 2 is 2.27 bits per heavy atom. The van der Waals surface area contributed by atoms with Crippen LogP contribution in [0.5, 0.6) is 0 Å². The van der Waals surface area contributed by atoms with Crippen LogP contribution in [-0.2, 0) is 22.7 Å². The number of hydrogen-bond donors (Lipinski definition) is 1. The van der Waals surface area contributed by atoms with E-state index in [9.17, 15) is 9.59 Å². The number of nitrogens with one attached hydrogen (secondary N) is 1. The molecule has 3 heterocycles. The molecule has 0 aromatic carbocycles. The van der Waals surface area contributed by atoms with E-state index in [4.69, 9.17) is 0 Å². The van der Waals surface area contributed by atoms with Gasteiger partial charge in [-0.3, -0.25) is 14.6 Å². The molecule has 1 N–H and O–H groups in total. The summed E-state index contributed by atoms with van der Waals surface area (Å²) in [5.41, 5.74) is 0.843. The number of carbonyl (C=O) groups is 2. The molecule has 0 spiro atoms. The molecular formula is C16H17N3O2S. The van der Waals surface area contributed by atoms with E-state index in [2.05, 4.69) is 10.3 Å². The number of aromatic nitrogens is 1. The van der Waals surface area contributed by atoms with Crippen molar-refractivity contribution in [3.05, 3.63) is 52.5 Å². The van der Waals surface area contributed by atoms with Crippen molar-refractivity contribution < 1.29 is 9.59 Å². The van der Waals surface area contributed by atoms with Crippen LogP contribution in [0.25, 0.3) is 0 Å². The zero-order valence-corrected chi connectivity index (χ0v) is 12.9. The van der Waals surface area contributed by atoms with E-state index in [0.717, 1.165) is 10.6 Å². The van der Waals surface area contributed by atoms with Crippen molar-refractivity contribution in [2.24, 2.45) is 5.92 Å². The van der Waals surface area contributed by atoms with Gasteiger partial charge in [0.15, 0.2) is 0 Å². The first-order chi connectivity index (χ1) is 10.7. The molecule has 2 aromatic rings. The Bertz CT molecular complexity index is 643. The molecule has 0 radical (unpaired) electrons. The van der Waals surface area contributed by atoms with E-state index in [-0.39, 0.29) is 24.2 Å². The molecule has 6 heteroatoms. The molecule has 1 fully saturated rings. The predicted molar refractivity (Wildman–Crippen MR) is 83.9 cm³/mol. The molecule has 1 atom stereocenters. The Balaban J connectivity index is 1.53. The monoisotopic (exact) mass is 315 g/mol. The molecule has 0 bridgehead atoms. The third-order valence-corrected chi connectivity index (χ3v) is 4.56. The van der Waals surface area contributed by atoms with Crippen LogP contribution in [0.15, 0.2) is 41.9 Å². The standard InChI is InChI=1S/C16H17N3O2S/c20-15-8-12(16(21)18-9-14-5-3-7-22-14)10-19(15)11-13-4-1-2-6-17-13/h1-7,12H,8-11H2,(H,18,21)/t12-/m0/s1. The van der Waals surface area contributed by atoms with Crippen molar-refractivity contribution >= 4 is 23.2 Å². The summed E-state index contributed by atoms with van der Waals surface area (Å²) in [6.45, 7) is 1.46. The number of likely N-dealkylation sites (tertiary alicyclic amines) is 1. The third-order valence-electron chi connectivity index (χ3n) is 3.68. The van der Waals surface area contributed by atoms with Gasteiger partial charge in [-0.15, -0.1) is 11.3 Å². The zero-order chi connectivity index (χ0) is 15.4. The average molecular weight is 315 g/mol. The highest BCUT2D eigenvalue weighted by atomic mass is 32.1. The van der Waals surface area contributed by atoms with Gasteiger partial charge in [0.05, 0.1) is 24.7 Å². The van der Waals surface area contributed by atoms with Crippen molar-refractivity contribution in [2.75, 3.05) is 6.54 Å². The molecule has 1 saturated heterocycles. The number of pyridine rings is 1. The minimum atomic E-state index is -0.267. The molecule has 5 nitrogen and oxygen atoms in total. The molecule has 2 amide bonds. The highest BCUT2D eigenvalue weighted by molar-refractivity contribution is 7.09. The number of hydrogen-bond acceptors (Lipinski definition) is 4. The van der Waals surface area contributed by atoms with Crippen LogP contribution in [0, 0.1) is 5.92 Å². The predicted octanol–water partition coefficient (Wildman–Crippen LogP) is 1.81. The van der Waals surface area contributed by atoms with Crippen molar-refractivity contribution in [3.63, 3.8) is 0 Å². The van der Waals surface area contributed by atoms with Crippen LogP contribution < -0.4 is 5.32 Å². The van der Waals surface area contributed by atoms with Gasteiger partial charge >= 0.3 is 0 Å². The summed E-state index contributed by atoms with van der Waals surface area (Å²) in [7, 11) is 0. The second-order valence-corrected chi connectivity index (χ2v) is 6.33. The molecular weight excluding hydrogens is 298 g/mol. The molecule has 2 aromatic heterocycles. The molecule has 3 rings (SSSR count). The molecule has 1 aliphatic heterocycles. The lowest BCUT2D eigenvalue weighted by atomic mass is 10.1. The van der Waals surface area contributed by atoms with Crippen LogP contribution in [0.4, 0.5) is 0 Å². The van der Waals surface area contributed by atoms with Gasteiger partial charge in [0.2, 0.25) is 11.8 Å². The highest BCUT2D eigenvalue weighted by Gasteiger charge is 2.34. The van der Waals surface area contributed by atoms with Gasteiger partial charge in [-0.1, -0.05) is 12.1 Å². The Hall–Kier alpha value is -2.21. The fourth-order valence-corrected chi connectivity index (χ4v) is 3.16. The zero-order valence-electron chi connectivity index (χ0n) is 12.1. The van der Waals surface area contributed by atoms with E-state index >= 15 is 0 Å². The highest BCUT2D eigenvalue weighted by Crippen LogP contribution is 2.20. The molecule has 0 saturated carbocycles. The quantitative estimate of drug-likeness (QED) is 0.915. The third kappa shape index (κ3) is 3.51. The largest absolute Gasteiger partial charge is 0.351 e. The number of nitrogens with zero attached hydrogens (tertiary/aromatic N) is 2. The Kier molecular flexibility index (Phi) is 4.48. The van der Waals surface area contributed by atoms with Gasteiger partial charge in [-0.05, 0) is 23.6 Å². The summed E-state index contributed by atoms with van der Waals surface area (Å²) in [5.74, 6) is -0.302. The van der Waals surface area contributed by atoms with Gasteiger partial charge in [-0.2, -0.15) is 0 Å². The number of carbonyl (C=O) groups excluding carboxylic acids is 2. The maximum absolute atomic E-state index is 12.2. The van der Waals surface area contributed by atoms with Gasteiger partial charge < -0.3 is 10.2 Å².